The molecule has 0 atom stereocenters. The molecule has 2 aromatic heterocycles. The van der Waals surface area contributed by atoms with Crippen LogP contribution >= 0.6 is 0 Å². The Morgan fingerprint density at radius 1 is 0.879 bits per heavy atom. The summed E-state index contributed by atoms with van der Waals surface area (Å²) in [6, 6.07) is 26.7. The molecule has 162 valence electrons. The third-order valence-corrected chi connectivity index (χ3v) is 5.74. The quantitative estimate of drug-likeness (QED) is 0.480. The highest BCUT2D eigenvalue weighted by atomic mass is 16.5. The van der Waals surface area contributed by atoms with Crippen molar-refractivity contribution in [1.82, 2.24) is 9.55 Å². The van der Waals surface area contributed by atoms with Crippen LogP contribution in [0.25, 0.3) is 28.1 Å². The zero-order chi connectivity index (χ0) is 22.6. The van der Waals surface area contributed by atoms with Crippen molar-refractivity contribution in [2.75, 3.05) is 31.2 Å². The third-order valence-electron chi connectivity index (χ3n) is 5.74. The number of hydrogen-bond acceptors (Lipinski definition) is 5. The Balaban J connectivity index is 1.68. The van der Waals surface area contributed by atoms with E-state index in [0.29, 0.717) is 18.8 Å². The van der Waals surface area contributed by atoms with Crippen molar-refractivity contribution in [2.24, 2.45) is 0 Å². The lowest BCUT2D eigenvalue weighted by molar-refractivity contribution is 0.122. The molecule has 0 saturated carbocycles. The molecule has 1 aliphatic rings. The highest BCUT2D eigenvalue weighted by molar-refractivity contribution is 5.78. The van der Waals surface area contributed by atoms with Gasteiger partial charge in [-0.25, -0.2) is 4.98 Å². The van der Waals surface area contributed by atoms with Crippen molar-refractivity contribution in [3.63, 3.8) is 0 Å². The maximum absolute atomic E-state index is 12.6. The highest BCUT2D eigenvalue weighted by Gasteiger charge is 2.15. The van der Waals surface area contributed by atoms with Gasteiger partial charge in [-0.05, 0) is 53.6 Å². The van der Waals surface area contributed by atoms with Crippen LogP contribution in [0.3, 0.4) is 0 Å². The normalized spacial score (nSPS) is 13.5. The van der Waals surface area contributed by atoms with E-state index in [1.54, 1.807) is 22.9 Å². The molecule has 5 rings (SSSR count). The molecule has 0 bridgehead atoms. The van der Waals surface area contributed by atoms with Crippen molar-refractivity contribution in [1.29, 1.82) is 5.26 Å². The molecule has 3 heterocycles. The monoisotopic (exact) mass is 434 g/mol. The zero-order valence-electron chi connectivity index (χ0n) is 18.0. The van der Waals surface area contributed by atoms with Gasteiger partial charge in [-0.1, -0.05) is 30.3 Å². The molecule has 4 aromatic rings. The topological polar surface area (TPSA) is 71.2 Å². The summed E-state index contributed by atoms with van der Waals surface area (Å²) < 4.78 is 7.08. The van der Waals surface area contributed by atoms with Crippen LogP contribution < -0.4 is 10.5 Å². The smallest absolute Gasteiger partial charge is 0.255 e. The SMILES string of the molecule is N#Cc1ccccc1-c1cc(-c2cccc(N3CCOCC3)n2)cc(-n2ccccc2=O)c1. The lowest BCUT2D eigenvalue weighted by Gasteiger charge is -2.28. The summed E-state index contributed by atoms with van der Waals surface area (Å²) >= 11 is 0. The third kappa shape index (κ3) is 4.27. The number of anilines is 1. The van der Waals surface area contributed by atoms with Gasteiger partial charge >= 0.3 is 0 Å². The van der Waals surface area contributed by atoms with Gasteiger partial charge in [0.05, 0.1) is 30.5 Å². The fourth-order valence-electron chi connectivity index (χ4n) is 4.08. The average molecular weight is 434 g/mol. The Bertz CT molecular complexity index is 1400. The maximum Gasteiger partial charge on any atom is 0.255 e. The number of ether oxygens (including phenoxy) is 1. The fourth-order valence-corrected chi connectivity index (χ4v) is 4.08. The van der Waals surface area contributed by atoms with E-state index in [9.17, 15) is 10.1 Å². The van der Waals surface area contributed by atoms with Crippen LogP contribution in [0, 0.1) is 11.3 Å². The summed E-state index contributed by atoms with van der Waals surface area (Å²) in [7, 11) is 0. The molecule has 1 fully saturated rings. The van der Waals surface area contributed by atoms with Gasteiger partial charge in [0, 0.05) is 36.6 Å². The van der Waals surface area contributed by atoms with Crippen LogP contribution in [0.2, 0.25) is 0 Å². The number of hydrogen-bond donors (Lipinski definition) is 0. The maximum atomic E-state index is 12.6. The molecule has 0 spiro atoms. The number of nitrogens with zero attached hydrogens (tertiary/aromatic N) is 4. The van der Waals surface area contributed by atoms with Crippen molar-refractivity contribution >= 4 is 5.82 Å². The first-order valence-corrected chi connectivity index (χ1v) is 10.9. The average Bonchev–Trinajstić information content (AvgIpc) is 2.89. The number of aromatic nitrogens is 2. The van der Waals surface area contributed by atoms with Gasteiger partial charge in [-0.3, -0.25) is 9.36 Å². The van der Waals surface area contributed by atoms with Crippen molar-refractivity contribution in [3.05, 3.63) is 101 Å². The van der Waals surface area contributed by atoms with E-state index in [-0.39, 0.29) is 5.56 Å². The van der Waals surface area contributed by atoms with Gasteiger partial charge in [-0.15, -0.1) is 0 Å². The van der Waals surface area contributed by atoms with Crippen LogP contribution in [0.5, 0.6) is 0 Å². The molecule has 1 saturated heterocycles. The predicted molar refractivity (Wildman–Crippen MR) is 128 cm³/mol. The molecule has 0 N–H and O–H groups in total. The standard InChI is InChI=1S/C27H22N4O2/c28-19-20-6-1-2-7-24(20)21-16-22(18-23(17-21)31-11-4-3-10-27(31)32)25-8-5-9-26(29-25)30-12-14-33-15-13-30/h1-11,16-18H,12-15H2. The summed E-state index contributed by atoms with van der Waals surface area (Å²) in [5.41, 5.74) is 4.53. The second-order valence-corrected chi connectivity index (χ2v) is 7.82. The van der Waals surface area contributed by atoms with Gasteiger partial charge in [0.25, 0.3) is 5.56 Å². The molecule has 6 nitrogen and oxygen atoms in total. The van der Waals surface area contributed by atoms with Crippen molar-refractivity contribution in [3.8, 4) is 34.1 Å². The van der Waals surface area contributed by atoms with Crippen molar-refractivity contribution < 1.29 is 4.74 Å². The minimum absolute atomic E-state index is 0.121. The molecule has 0 unspecified atom stereocenters. The molecule has 2 aromatic carbocycles. The van der Waals surface area contributed by atoms with E-state index >= 15 is 0 Å². The van der Waals surface area contributed by atoms with Crippen LogP contribution in [-0.2, 0) is 4.74 Å². The summed E-state index contributed by atoms with van der Waals surface area (Å²) in [6.45, 7) is 2.98. The van der Waals surface area contributed by atoms with E-state index in [0.717, 1.165) is 47.0 Å². The first-order valence-electron chi connectivity index (χ1n) is 10.9. The largest absolute Gasteiger partial charge is 0.378 e. The summed E-state index contributed by atoms with van der Waals surface area (Å²) in [4.78, 5) is 19.7. The van der Waals surface area contributed by atoms with E-state index in [2.05, 4.69) is 11.0 Å². The second kappa shape index (κ2) is 9.11. The first-order chi connectivity index (χ1) is 16.2. The zero-order valence-corrected chi connectivity index (χ0v) is 18.0. The predicted octanol–water partition coefficient (Wildman–Crippen LogP) is 4.27. The Labute approximate surface area is 191 Å². The Kier molecular flexibility index (Phi) is 5.71. The van der Waals surface area contributed by atoms with Gasteiger partial charge in [0.15, 0.2) is 0 Å². The Morgan fingerprint density at radius 2 is 1.67 bits per heavy atom. The molecule has 1 aliphatic heterocycles. The molecule has 0 radical (unpaired) electrons. The lowest BCUT2D eigenvalue weighted by atomic mass is 9.96. The molecular weight excluding hydrogens is 412 g/mol. The molecule has 0 amide bonds. The van der Waals surface area contributed by atoms with Gasteiger partial charge in [-0.2, -0.15) is 5.26 Å². The second-order valence-electron chi connectivity index (χ2n) is 7.82. The number of morpholine rings is 1. The minimum Gasteiger partial charge on any atom is -0.378 e. The van der Waals surface area contributed by atoms with E-state index in [4.69, 9.17) is 9.72 Å². The summed E-state index contributed by atoms with van der Waals surface area (Å²) in [6.07, 6.45) is 1.75. The fraction of sp³-hybridized carbons (Fsp3) is 0.148. The molecule has 6 heteroatoms. The van der Waals surface area contributed by atoms with Crippen LogP contribution in [0.4, 0.5) is 5.82 Å². The van der Waals surface area contributed by atoms with Gasteiger partial charge in [0.2, 0.25) is 0 Å². The number of nitriles is 1. The van der Waals surface area contributed by atoms with Crippen molar-refractivity contribution in [2.45, 2.75) is 0 Å². The Hall–Kier alpha value is -4.21. The lowest BCUT2D eigenvalue weighted by Crippen LogP contribution is -2.36. The molecule has 33 heavy (non-hydrogen) atoms. The van der Waals surface area contributed by atoms with Gasteiger partial charge < -0.3 is 9.64 Å². The Morgan fingerprint density at radius 3 is 2.48 bits per heavy atom. The van der Waals surface area contributed by atoms with E-state index in [1.165, 1.54) is 6.07 Å². The summed E-state index contributed by atoms with van der Waals surface area (Å²) in [5, 5.41) is 9.64. The molecule has 0 aliphatic carbocycles. The van der Waals surface area contributed by atoms with Crippen LogP contribution in [-0.4, -0.2) is 35.9 Å². The van der Waals surface area contributed by atoms with E-state index in [1.807, 2.05) is 60.7 Å². The first kappa shape index (κ1) is 20.7. The van der Waals surface area contributed by atoms with Crippen LogP contribution in [0.15, 0.2) is 89.9 Å². The summed E-state index contributed by atoms with van der Waals surface area (Å²) in [5.74, 6) is 0.900. The number of benzene rings is 2. The van der Waals surface area contributed by atoms with Crippen LogP contribution in [0.1, 0.15) is 5.56 Å². The minimum atomic E-state index is -0.121. The van der Waals surface area contributed by atoms with Gasteiger partial charge in [0.1, 0.15) is 5.82 Å². The highest BCUT2D eigenvalue weighted by Crippen LogP contribution is 2.31. The molecular formula is C27H22N4O2. The number of pyridine rings is 2. The van der Waals surface area contributed by atoms with E-state index < -0.39 is 0 Å². The number of rotatable bonds is 4.